The van der Waals surface area contributed by atoms with Crippen molar-refractivity contribution >= 4 is 11.8 Å². The second-order valence-corrected chi connectivity index (χ2v) is 6.92. The summed E-state index contributed by atoms with van der Waals surface area (Å²) in [6, 6.07) is 0. The fraction of sp³-hybridized carbons (Fsp3) is 0.789. The van der Waals surface area contributed by atoms with Crippen molar-refractivity contribution < 1.29 is 9.59 Å². The van der Waals surface area contributed by atoms with Crippen LogP contribution in [0.1, 0.15) is 65.2 Å². The maximum atomic E-state index is 12.7. The molecule has 0 aromatic rings. The van der Waals surface area contributed by atoms with Crippen molar-refractivity contribution in [3.05, 3.63) is 11.6 Å². The largest absolute Gasteiger partial charge is 0.342 e. The highest BCUT2D eigenvalue weighted by atomic mass is 16.2. The Morgan fingerprint density at radius 1 is 1.26 bits per heavy atom. The van der Waals surface area contributed by atoms with Gasteiger partial charge in [-0.3, -0.25) is 9.59 Å². The summed E-state index contributed by atoms with van der Waals surface area (Å²) >= 11 is 0. The van der Waals surface area contributed by atoms with Crippen LogP contribution >= 0.6 is 0 Å². The van der Waals surface area contributed by atoms with Crippen LogP contribution in [0.2, 0.25) is 0 Å². The average molecular weight is 320 g/mol. The minimum atomic E-state index is -0.124. The summed E-state index contributed by atoms with van der Waals surface area (Å²) in [6.45, 7) is 7.22. The van der Waals surface area contributed by atoms with Crippen molar-refractivity contribution in [2.24, 2.45) is 5.92 Å². The molecule has 0 radical (unpaired) electrons. The van der Waals surface area contributed by atoms with Crippen molar-refractivity contribution in [3.63, 3.8) is 0 Å². The van der Waals surface area contributed by atoms with Crippen LogP contribution in [0.3, 0.4) is 0 Å². The summed E-state index contributed by atoms with van der Waals surface area (Å²) in [6.07, 6.45) is 10.6. The molecule has 2 aliphatic rings. The van der Waals surface area contributed by atoms with Crippen LogP contribution in [0.5, 0.6) is 0 Å². The standard InChI is InChI=1S/C19H32N2O2/c1-3-11-20(12-4-2)19(23)17-14-18(22)21(15-17)13-10-16-8-6-5-7-9-16/h8,17H,3-7,9-15H2,1-2H3. The Morgan fingerprint density at radius 2 is 2.00 bits per heavy atom. The highest BCUT2D eigenvalue weighted by Gasteiger charge is 2.35. The maximum absolute atomic E-state index is 12.7. The first-order valence-electron chi connectivity index (χ1n) is 9.40. The van der Waals surface area contributed by atoms with Crippen LogP contribution in [0, 0.1) is 5.92 Å². The fourth-order valence-electron chi connectivity index (χ4n) is 3.69. The zero-order chi connectivity index (χ0) is 16.7. The zero-order valence-electron chi connectivity index (χ0n) is 14.9. The number of hydrogen-bond donors (Lipinski definition) is 0. The topological polar surface area (TPSA) is 40.6 Å². The molecule has 1 heterocycles. The highest BCUT2D eigenvalue weighted by molar-refractivity contribution is 5.89. The van der Waals surface area contributed by atoms with Gasteiger partial charge >= 0.3 is 0 Å². The molecule has 4 heteroatoms. The lowest BCUT2D eigenvalue weighted by Crippen LogP contribution is -2.38. The van der Waals surface area contributed by atoms with Gasteiger partial charge in [0.1, 0.15) is 0 Å². The van der Waals surface area contributed by atoms with Gasteiger partial charge in [-0.1, -0.05) is 25.5 Å². The van der Waals surface area contributed by atoms with E-state index in [1.165, 1.54) is 31.3 Å². The summed E-state index contributed by atoms with van der Waals surface area (Å²) in [7, 11) is 0. The van der Waals surface area contributed by atoms with Gasteiger partial charge in [0.2, 0.25) is 11.8 Å². The first kappa shape index (κ1) is 18.0. The Hall–Kier alpha value is -1.32. The van der Waals surface area contributed by atoms with E-state index in [-0.39, 0.29) is 17.7 Å². The third-order valence-corrected chi connectivity index (χ3v) is 4.95. The van der Waals surface area contributed by atoms with E-state index in [1.54, 1.807) is 0 Å². The van der Waals surface area contributed by atoms with Crippen LogP contribution in [0.25, 0.3) is 0 Å². The SMILES string of the molecule is CCCN(CCC)C(=O)C1CC(=O)N(CCC2=CCCCC2)C1. The second kappa shape index (κ2) is 9.09. The molecule has 130 valence electrons. The van der Waals surface area contributed by atoms with Gasteiger partial charge in [-0.15, -0.1) is 0 Å². The van der Waals surface area contributed by atoms with Crippen molar-refractivity contribution in [1.29, 1.82) is 0 Å². The van der Waals surface area contributed by atoms with Crippen molar-refractivity contribution in [1.82, 2.24) is 9.80 Å². The van der Waals surface area contributed by atoms with E-state index < -0.39 is 0 Å². The number of carbonyl (C=O) groups excluding carboxylic acids is 2. The lowest BCUT2D eigenvalue weighted by Gasteiger charge is -2.25. The van der Waals surface area contributed by atoms with Gasteiger partial charge in [0.05, 0.1) is 5.92 Å². The molecule has 0 spiro atoms. The van der Waals surface area contributed by atoms with E-state index in [0.717, 1.165) is 38.9 Å². The van der Waals surface area contributed by atoms with Crippen molar-refractivity contribution in [2.45, 2.75) is 65.2 Å². The summed E-state index contributed by atoms with van der Waals surface area (Å²) in [4.78, 5) is 28.8. The zero-order valence-corrected chi connectivity index (χ0v) is 14.9. The Labute approximate surface area is 140 Å². The van der Waals surface area contributed by atoms with Gasteiger partial charge in [0.15, 0.2) is 0 Å². The summed E-state index contributed by atoms with van der Waals surface area (Å²) in [5, 5.41) is 0. The molecular weight excluding hydrogens is 288 g/mol. The number of hydrogen-bond acceptors (Lipinski definition) is 2. The van der Waals surface area contributed by atoms with E-state index in [9.17, 15) is 9.59 Å². The van der Waals surface area contributed by atoms with Crippen LogP contribution in [-0.2, 0) is 9.59 Å². The van der Waals surface area contributed by atoms with E-state index in [0.29, 0.717) is 13.0 Å². The molecule has 23 heavy (non-hydrogen) atoms. The van der Waals surface area contributed by atoms with E-state index >= 15 is 0 Å². The monoisotopic (exact) mass is 320 g/mol. The summed E-state index contributed by atoms with van der Waals surface area (Å²) in [5.41, 5.74) is 1.50. The first-order chi connectivity index (χ1) is 11.2. The number of nitrogens with zero attached hydrogens (tertiary/aromatic N) is 2. The Bertz CT molecular complexity index is 439. The molecule has 1 fully saturated rings. The molecule has 4 nitrogen and oxygen atoms in total. The number of amides is 2. The number of rotatable bonds is 8. The summed E-state index contributed by atoms with van der Waals surface area (Å²) in [5.74, 6) is 0.218. The third kappa shape index (κ3) is 5.08. The molecule has 1 saturated heterocycles. The van der Waals surface area contributed by atoms with Crippen molar-refractivity contribution in [3.8, 4) is 0 Å². The molecule has 0 saturated carbocycles. The molecule has 2 amide bonds. The van der Waals surface area contributed by atoms with Crippen LogP contribution < -0.4 is 0 Å². The number of carbonyl (C=O) groups is 2. The van der Waals surface area contributed by atoms with E-state index in [2.05, 4.69) is 19.9 Å². The molecule has 0 aromatic carbocycles. The molecule has 0 aromatic heterocycles. The van der Waals surface area contributed by atoms with Gasteiger partial charge in [-0.2, -0.15) is 0 Å². The van der Waals surface area contributed by atoms with Gasteiger partial charge in [-0.25, -0.2) is 0 Å². The second-order valence-electron chi connectivity index (χ2n) is 6.92. The number of likely N-dealkylation sites (tertiary alicyclic amines) is 1. The first-order valence-corrected chi connectivity index (χ1v) is 9.40. The lowest BCUT2D eigenvalue weighted by atomic mass is 9.97. The molecule has 2 rings (SSSR count). The van der Waals surface area contributed by atoms with Gasteiger partial charge in [0.25, 0.3) is 0 Å². The molecular formula is C19H32N2O2. The fourth-order valence-corrected chi connectivity index (χ4v) is 3.69. The van der Waals surface area contributed by atoms with Gasteiger partial charge < -0.3 is 9.80 Å². The molecule has 1 aliphatic carbocycles. The van der Waals surface area contributed by atoms with Crippen LogP contribution in [0.15, 0.2) is 11.6 Å². The Morgan fingerprint density at radius 3 is 2.61 bits per heavy atom. The predicted octanol–water partition coefficient (Wildman–Crippen LogP) is 3.37. The van der Waals surface area contributed by atoms with Crippen LogP contribution in [0.4, 0.5) is 0 Å². The highest BCUT2D eigenvalue weighted by Crippen LogP contribution is 2.24. The molecule has 1 unspecified atom stereocenters. The van der Waals surface area contributed by atoms with Gasteiger partial charge in [-0.05, 0) is 44.9 Å². The van der Waals surface area contributed by atoms with E-state index in [4.69, 9.17) is 0 Å². The minimum absolute atomic E-state index is 0.124. The lowest BCUT2D eigenvalue weighted by molar-refractivity contribution is -0.136. The van der Waals surface area contributed by atoms with Crippen molar-refractivity contribution in [2.75, 3.05) is 26.2 Å². The Kier molecular flexibility index (Phi) is 7.13. The normalized spacial score (nSPS) is 21.5. The average Bonchev–Trinajstić information content (AvgIpc) is 2.94. The molecule has 1 aliphatic heterocycles. The van der Waals surface area contributed by atoms with E-state index in [1.807, 2.05) is 9.80 Å². The third-order valence-electron chi connectivity index (χ3n) is 4.95. The predicted molar refractivity (Wildman–Crippen MR) is 93.0 cm³/mol. The maximum Gasteiger partial charge on any atom is 0.227 e. The minimum Gasteiger partial charge on any atom is -0.342 e. The smallest absolute Gasteiger partial charge is 0.227 e. The van der Waals surface area contributed by atoms with Crippen LogP contribution in [-0.4, -0.2) is 47.8 Å². The van der Waals surface area contributed by atoms with Gasteiger partial charge in [0, 0.05) is 32.6 Å². The quantitative estimate of drug-likeness (QED) is 0.643. The molecule has 0 N–H and O–H groups in total. The number of allylic oxidation sites excluding steroid dienone is 1. The summed E-state index contributed by atoms with van der Waals surface area (Å²) < 4.78 is 0. The Balaban J connectivity index is 1.85. The molecule has 0 bridgehead atoms. The molecule has 1 atom stereocenters.